The van der Waals surface area contributed by atoms with Crippen LogP contribution in [-0.2, 0) is 0 Å². The third-order valence-electron chi connectivity index (χ3n) is 3.30. The van der Waals surface area contributed by atoms with E-state index in [-0.39, 0.29) is 0 Å². The van der Waals surface area contributed by atoms with Gasteiger partial charge in [0.25, 0.3) is 0 Å². The molecular weight excluding hydrogens is 182 g/mol. The Morgan fingerprint density at radius 2 is 2.40 bits per heavy atom. The minimum atomic E-state index is 0.719. The number of piperidine rings is 1. The summed E-state index contributed by atoms with van der Waals surface area (Å²) in [5.74, 6) is 3.44. The van der Waals surface area contributed by atoms with Crippen molar-refractivity contribution in [1.29, 1.82) is 0 Å². The van der Waals surface area contributed by atoms with Gasteiger partial charge in [0.05, 0.1) is 0 Å². The summed E-state index contributed by atoms with van der Waals surface area (Å²) < 4.78 is 0. The SMILES string of the molecule is C#CCCN1CCC2=CCC(C)C=C2C1. The molecule has 1 nitrogen and oxygen atoms in total. The molecule has 1 aliphatic carbocycles. The zero-order valence-electron chi connectivity index (χ0n) is 9.50. The van der Waals surface area contributed by atoms with E-state index in [2.05, 4.69) is 29.9 Å². The van der Waals surface area contributed by atoms with Crippen molar-refractivity contribution in [3.63, 3.8) is 0 Å². The number of hydrogen-bond acceptors (Lipinski definition) is 1. The van der Waals surface area contributed by atoms with Gasteiger partial charge in [-0.1, -0.05) is 19.1 Å². The summed E-state index contributed by atoms with van der Waals surface area (Å²) in [6.07, 6.45) is 13.5. The summed E-state index contributed by atoms with van der Waals surface area (Å²) in [7, 11) is 0. The summed E-state index contributed by atoms with van der Waals surface area (Å²) >= 11 is 0. The highest BCUT2D eigenvalue weighted by molar-refractivity contribution is 5.37. The van der Waals surface area contributed by atoms with Crippen LogP contribution >= 0.6 is 0 Å². The fourth-order valence-electron chi connectivity index (χ4n) is 2.41. The molecule has 1 atom stereocenters. The first kappa shape index (κ1) is 10.5. The molecule has 0 spiro atoms. The molecule has 1 heteroatoms. The van der Waals surface area contributed by atoms with Crippen molar-refractivity contribution < 1.29 is 0 Å². The van der Waals surface area contributed by atoms with Gasteiger partial charge in [0, 0.05) is 26.1 Å². The molecule has 0 aromatic heterocycles. The van der Waals surface area contributed by atoms with E-state index in [1.54, 1.807) is 11.1 Å². The Hall–Kier alpha value is -1.00. The molecule has 1 fully saturated rings. The largest absolute Gasteiger partial charge is 0.298 e. The molecule has 80 valence electrons. The number of allylic oxidation sites excluding steroid dienone is 2. The van der Waals surface area contributed by atoms with Crippen molar-refractivity contribution in [1.82, 2.24) is 4.90 Å². The van der Waals surface area contributed by atoms with Crippen LogP contribution < -0.4 is 0 Å². The van der Waals surface area contributed by atoms with Crippen LogP contribution in [0.5, 0.6) is 0 Å². The summed E-state index contributed by atoms with van der Waals surface area (Å²) in [5.41, 5.74) is 3.14. The first-order valence-electron chi connectivity index (χ1n) is 5.85. The molecule has 2 aliphatic rings. The normalized spacial score (nSPS) is 26.3. The zero-order valence-corrected chi connectivity index (χ0v) is 9.50. The smallest absolute Gasteiger partial charge is 0.0233 e. The molecular formula is C14H19N. The van der Waals surface area contributed by atoms with Gasteiger partial charge in [-0.25, -0.2) is 0 Å². The molecule has 0 amide bonds. The van der Waals surface area contributed by atoms with Gasteiger partial charge in [0.2, 0.25) is 0 Å². The van der Waals surface area contributed by atoms with E-state index in [4.69, 9.17) is 6.42 Å². The lowest BCUT2D eigenvalue weighted by atomic mass is 9.87. The van der Waals surface area contributed by atoms with Gasteiger partial charge in [-0.2, -0.15) is 0 Å². The van der Waals surface area contributed by atoms with Crippen LogP contribution in [0.4, 0.5) is 0 Å². The summed E-state index contributed by atoms with van der Waals surface area (Å²) in [6, 6.07) is 0. The maximum absolute atomic E-state index is 5.30. The molecule has 1 aliphatic heterocycles. The number of terminal acetylenes is 1. The van der Waals surface area contributed by atoms with Crippen molar-refractivity contribution in [3.8, 4) is 12.3 Å². The van der Waals surface area contributed by atoms with Gasteiger partial charge in [-0.05, 0) is 29.9 Å². The molecule has 15 heavy (non-hydrogen) atoms. The Kier molecular flexibility index (Phi) is 3.28. The Morgan fingerprint density at radius 3 is 3.20 bits per heavy atom. The van der Waals surface area contributed by atoms with E-state index in [1.807, 2.05) is 0 Å². The van der Waals surface area contributed by atoms with Crippen molar-refractivity contribution >= 4 is 0 Å². The van der Waals surface area contributed by atoms with Crippen LogP contribution in [0.25, 0.3) is 0 Å². The maximum atomic E-state index is 5.30. The molecule has 0 radical (unpaired) electrons. The third-order valence-corrected chi connectivity index (χ3v) is 3.30. The van der Waals surface area contributed by atoms with Crippen molar-refractivity contribution in [2.75, 3.05) is 19.6 Å². The van der Waals surface area contributed by atoms with Gasteiger partial charge in [-0.3, -0.25) is 4.90 Å². The van der Waals surface area contributed by atoms with Gasteiger partial charge in [-0.15, -0.1) is 12.3 Å². The molecule has 2 rings (SSSR count). The van der Waals surface area contributed by atoms with Crippen molar-refractivity contribution in [3.05, 3.63) is 23.3 Å². The first-order chi connectivity index (χ1) is 7.29. The number of nitrogens with zero attached hydrogens (tertiary/aromatic N) is 1. The van der Waals surface area contributed by atoms with E-state index in [1.165, 1.54) is 19.4 Å². The van der Waals surface area contributed by atoms with E-state index >= 15 is 0 Å². The highest BCUT2D eigenvalue weighted by atomic mass is 15.1. The Balaban J connectivity index is 1.98. The van der Waals surface area contributed by atoms with Crippen LogP contribution in [-0.4, -0.2) is 24.5 Å². The first-order valence-corrected chi connectivity index (χ1v) is 5.85. The van der Waals surface area contributed by atoms with Gasteiger partial charge >= 0.3 is 0 Å². The summed E-state index contributed by atoms with van der Waals surface area (Å²) in [5, 5.41) is 0. The molecule has 0 N–H and O–H groups in total. The average molecular weight is 201 g/mol. The second kappa shape index (κ2) is 4.68. The summed E-state index contributed by atoms with van der Waals surface area (Å²) in [4.78, 5) is 2.47. The minimum absolute atomic E-state index is 0.719. The van der Waals surface area contributed by atoms with Crippen LogP contribution in [0.3, 0.4) is 0 Å². The molecule has 0 aromatic carbocycles. The van der Waals surface area contributed by atoms with E-state index < -0.39 is 0 Å². The quantitative estimate of drug-likeness (QED) is 0.621. The molecule has 1 heterocycles. The number of likely N-dealkylation sites (tertiary alicyclic amines) is 1. The maximum Gasteiger partial charge on any atom is 0.0233 e. The van der Waals surface area contributed by atoms with Crippen LogP contribution in [0.1, 0.15) is 26.2 Å². The fraction of sp³-hybridized carbons (Fsp3) is 0.571. The van der Waals surface area contributed by atoms with E-state index in [9.17, 15) is 0 Å². The summed E-state index contributed by atoms with van der Waals surface area (Å²) in [6.45, 7) is 5.63. The van der Waals surface area contributed by atoms with E-state index in [0.29, 0.717) is 0 Å². The molecule has 1 saturated heterocycles. The number of hydrogen-bond donors (Lipinski definition) is 0. The second-order valence-electron chi connectivity index (χ2n) is 4.61. The Morgan fingerprint density at radius 1 is 1.53 bits per heavy atom. The number of rotatable bonds is 2. The predicted molar refractivity (Wildman–Crippen MR) is 64.5 cm³/mol. The topological polar surface area (TPSA) is 3.24 Å². The molecule has 0 saturated carbocycles. The van der Waals surface area contributed by atoms with Gasteiger partial charge in [0.1, 0.15) is 0 Å². The van der Waals surface area contributed by atoms with Gasteiger partial charge in [0.15, 0.2) is 0 Å². The lowest BCUT2D eigenvalue weighted by molar-refractivity contribution is 0.289. The predicted octanol–water partition coefficient (Wildman–Crippen LogP) is 2.61. The zero-order chi connectivity index (χ0) is 10.7. The molecule has 1 unspecified atom stereocenters. The molecule has 0 aromatic rings. The molecule has 0 bridgehead atoms. The highest BCUT2D eigenvalue weighted by Crippen LogP contribution is 2.29. The van der Waals surface area contributed by atoms with Crippen LogP contribution in [0.15, 0.2) is 23.3 Å². The van der Waals surface area contributed by atoms with Crippen molar-refractivity contribution in [2.24, 2.45) is 5.92 Å². The van der Waals surface area contributed by atoms with Crippen molar-refractivity contribution in [2.45, 2.75) is 26.2 Å². The van der Waals surface area contributed by atoms with Gasteiger partial charge < -0.3 is 0 Å². The van der Waals surface area contributed by atoms with E-state index in [0.717, 1.165) is 25.4 Å². The Bertz CT molecular complexity index is 330. The average Bonchev–Trinajstić information content (AvgIpc) is 2.25. The fourth-order valence-corrected chi connectivity index (χ4v) is 2.41. The standard InChI is InChI=1S/C14H19N/c1-3-4-8-15-9-7-13-6-5-12(2)10-14(13)11-15/h1,6,10,12H,4-5,7-9,11H2,2H3. The monoisotopic (exact) mass is 201 g/mol. The van der Waals surface area contributed by atoms with Crippen LogP contribution in [0, 0.1) is 18.3 Å². The highest BCUT2D eigenvalue weighted by Gasteiger charge is 2.20. The minimum Gasteiger partial charge on any atom is -0.298 e. The Labute approximate surface area is 92.9 Å². The number of fused-ring (bicyclic) bond motifs is 1. The lowest BCUT2D eigenvalue weighted by Crippen LogP contribution is -2.33. The lowest BCUT2D eigenvalue weighted by Gasteiger charge is -2.32. The van der Waals surface area contributed by atoms with Crippen LogP contribution in [0.2, 0.25) is 0 Å². The third kappa shape index (κ3) is 2.52. The second-order valence-corrected chi connectivity index (χ2v) is 4.61.